The number of benzene rings is 1. The third-order valence-corrected chi connectivity index (χ3v) is 6.12. The lowest BCUT2D eigenvalue weighted by Gasteiger charge is -2.25. The van der Waals surface area contributed by atoms with Crippen LogP contribution in [0.3, 0.4) is 0 Å². The summed E-state index contributed by atoms with van der Waals surface area (Å²) in [5.41, 5.74) is 12.1. The van der Waals surface area contributed by atoms with Crippen LogP contribution in [0, 0.1) is 0 Å². The van der Waals surface area contributed by atoms with Gasteiger partial charge >= 0.3 is 0 Å². The number of halogens is 1. The summed E-state index contributed by atoms with van der Waals surface area (Å²) in [6, 6.07) is 6.71. The summed E-state index contributed by atoms with van der Waals surface area (Å²) in [4.78, 5) is 51.3. The molecule has 0 spiro atoms. The van der Waals surface area contributed by atoms with E-state index in [1.165, 1.54) is 0 Å². The zero-order valence-corrected chi connectivity index (χ0v) is 21.3. The van der Waals surface area contributed by atoms with Gasteiger partial charge in [0.25, 0.3) is 0 Å². The first kappa shape index (κ1) is 28.1. The zero-order valence-electron chi connectivity index (χ0n) is 20.6. The minimum Gasteiger partial charge on any atom is -0.368 e. The van der Waals surface area contributed by atoms with Gasteiger partial charge in [0.15, 0.2) is 0 Å². The van der Waals surface area contributed by atoms with Gasteiger partial charge in [-0.3, -0.25) is 14.4 Å². The summed E-state index contributed by atoms with van der Waals surface area (Å²) in [6.45, 7) is 0.976. The SMILES string of the molecule is NCCCC[C@@H]1Nc2nc(Cl)nc(n2)NCCCC[C@H](C(N)=O)NC(=O)[C@H](Cc2ccccc2)NC1=O. The van der Waals surface area contributed by atoms with Gasteiger partial charge in [-0.1, -0.05) is 30.3 Å². The lowest BCUT2D eigenvalue weighted by Crippen LogP contribution is -2.55. The largest absolute Gasteiger partial charge is 0.368 e. The smallest absolute Gasteiger partial charge is 0.243 e. The predicted molar refractivity (Wildman–Crippen MR) is 141 cm³/mol. The molecule has 2 aromatic rings. The average molecular weight is 532 g/mol. The first-order chi connectivity index (χ1) is 17.9. The molecule has 0 fully saturated rings. The normalized spacial score (nSPS) is 21.2. The Morgan fingerprint density at radius 2 is 1.68 bits per heavy atom. The summed E-state index contributed by atoms with van der Waals surface area (Å²) >= 11 is 6.10. The third-order valence-electron chi connectivity index (χ3n) is 5.95. The van der Waals surface area contributed by atoms with Crippen LogP contribution in [-0.4, -0.2) is 63.9 Å². The maximum atomic E-state index is 13.4. The van der Waals surface area contributed by atoms with Crippen molar-refractivity contribution >= 4 is 41.2 Å². The Hall–Kier alpha value is -3.51. The van der Waals surface area contributed by atoms with Crippen molar-refractivity contribution in [3.05, 3.63) is 41.2 Å². The van der Waals surface area contributed by atoms with Crippen molar-refractivity contribution in [2.75, 3.05) is 23.7 Å². The fraction of sp³-hybridized carbons (Fsp3) is 0.500. The number of nitrogens with zero attached hydrogens (tertiary/aromatic N) is 3. The minimum atomic E-state index is -0.942. The Balaban J connectivity index is 1.92. The quantitative estimate of drug-likeness (QED) is 0.279. The predicted octanol–water partition coefficient (Wildman–Crippen LogP) is 0.728. The minimum absolute atomic E-state index is 0.0302. The molecule has 0 unspecified atom stereocenters. The van der Waals surface area contributed by atoms with Crippen LogP contribution in [0.25, 0.3) is 0 Å². The first-order valence-electron chi connectivity index (χ1n) is 12.4. The molecule has 3 rings (SSSR count). The van der Waals surface area contributed by atoms with E-state index in [1.807, 2.05) is 30.3 Å². The van der Waals surface area contributed by atoms with Crippen LogP contribution in [0.15, 0.2) is 30.3 Å². The molecule has 8 N–H and O–H groups in total. The fourth-order valence-electron chi connectivity index (χ4n) is 3.97. The average Bonchev–Trinajstić information content (AvgIpc) is 2.86. The van der Waals surface area contributed by atoms with Gasteiger partial charge in [-0.15, -0.1) is 0 Å². The van der Waals surface area contributed by atoms with E-state index in [0.29, 0.717) is 51.6 Å². The van der Waals surface area contributed by atoms with Gasteiger partial charge in [-0.05, 0) is 62.2 Å². The second-order valence-electron chi connectivity index (χ2n) is 8.87. The second-order valence-corrected chi connectivity index (χ2v) is 9.21. The number of carbonyl (C=O) groups is 3. The van der Waals surface area contributed by atoms with Crippen LogP contribution in [-0.2, 0) is 20.8 Å². The van der Waals surface area contributed by atoms with Crippen molar-refractivity contribution in [3.8, 4) is 0 Å². The molecular formula is C24H34ClN9O3. The van der Waals surface area contributed by atoms with Gasteiger partial charge in [0.1, 0.15) is 18.1 Å². The van der Waals surface area contributed by atoms with Gasteiger partial charge < -0.3 is 32.7 Å². The van der Waals surface area contributed by atoms with Crippen molar-refractivity contribution in [1.82, 2.24) is 25.6 Å². The van der Waals surface area contributed by atoms with E-state index in [-0.39, 0.29) is 23.6 Å². The number of nitrogens with one attached hydrogen (secondary N) is 4. The fourth-order valence-corrected chi connectivity index (χ4v) is 4.13. The number of carbonyl (C=O) groups excluding carboxylic acids is 3. The lowest BCUT2D eigenvalue weighted by atomic mass is 10.0. The molecule has 0 saturated carbocycles. The number of anilines is 2. The number of hydrogen-bond donors (Lipinski definition) is 6. The van der Waals surface area contributed by atoms with E-state index in [1.54, 1.807) is 0 Å². The standard InChI is InChI=1S/C24H34ClN9O3/c25-22-32-23-28-13-7-5-10-16(19(27)35)29-21(37)18(14-15-8-2-1-3-9-15)30-20(36)17(11-4-6-12-26)31-24(33-22)34-23/h1-3,8-9,16-18H,4-7,10-14,26H2,(H2,27,35)(H,29,37)(H,30,36)(H2,28,31,32,33,34)/t16-,17+,18+/m1/s1. The molecule has 13 heteroatoms. The summed E-state index contributed by atoms with van der Waals surface area (Å²) < 4.78 is 0. The summed E-state index contributed by atoms with van der Waals surface area (Å²) in [7, 11) is 0. The molecular weight excluding hydrogens is 498 g/mol. The Morgan fingerprint density at radius 1 is 0.946 bits per heavy atom. The van der Waals surface area contributed by atoms with Gasteiger partial charge in [0.05, 0.1) is 0 Å². The van der Waals surface area contributed by atoms with Crippen LogP contribution in [0.5, 0.6) is 0 Å². The molecule has 0 aliphatic carbocycles. The van der Waals surface area contributed by atoms with Gasteiger partial charge in [0.2, 0.25) is 34.9 Å². The molecule has 1 aliphatic rings. The van der Waals surface area contributed by atoms with Crippen LogP contribution in [0.2, 0.25) is 5.28 Å². The van der Waals surface area contributed by atoms with Gasteiger partial charge in [0, 0.05) is 13.0 Å². The molecule has 2 bridgehead atoms. The first-order valence-corrected chi connectivity index (χ1v) is 12.8. The topological polar surface area (TPSA) is 190 Å². The molecule has 0 radical (unpaired) electrons. The van der Waals surface area contributed by atoms with Crippen LogP contribution in [0.4, 0.5) is 11.9 Å². The maximum Gasteiger partial charge on any atom is 0.243 e. The number of aromatic nitrogens is 3. The Morgan fingerprint density at radius 3 is 2.41 bits per heavy atom. The molecule has 2 heterocycles. The van der Waals surface area contributed by atoms with Crippen molar-refractivity contribution in [2.45, 2.75) is 63.1 Å². The molecule has 1 aromatic carbocycles. The van der Waals surface area contributed by atoms with Crippen molar-refractivity contribution in [2.24, 2.45) is 11.5 Å². The zero-order chi connectivity index (χ0) is 26.6. The number of fused-ring (bicyclic) bond motifs is 2. The second kappa shape index (κ2) is 14.3. The molecule has 3 amide bonds. The third kappa shape index (κ3) is 9.14. The van der Waals surface area contributed by atoms with Crippen LogP contribution >= 0.6 is 11.6 Å². The molecule has 3 atom stereocenters. The number of nitrogens with two attached hydrogens (primary N) is 2. The molecule has 200 valence electrons. The number of hydrogen-bond acceptors (Lipinski definition) is 9. The molecule has 12 nitrogen and oxygen atoms in total. The monoisotopic (exact) mass is 531 g/mol. The van der Waals surface area contributed by atoms with Gasteiger partial charge in [-0.2, -0.15) is 15.0 Å². The van der Waals surface area contributed by atoms with E-state index < -0.39 is 35.8 Å². The van der Waals surface area contributed by atoms with Crippen molar-refractivity contribution < 1.29 is 14.4 Å². The van der Waals surface area contributed by atoms with E-state index in [0.717, 1.165) is 5.56 Å². The number of rotatable bonds is 7. The Bertz CT molecular complexity index is 1060. The summed E-state index contributed by atoms with van der Waals surface area (Å²) in [6.07, 6.45) is 3.63. The van der Waals surface area contributed by atoms with E-state index >= 15 is 0 Å². The highest BCUT2D eigenvalue weighted by Crippen LogP contribution is 2.15. The highest BCUT2D eigenvalue weighted by molar-refractivity contribution is 6.28. The maximum absolute atomic E-state index is 13.4. The van der Waals surface area contributed by atoms with Crippen LogP contribution < -0.4 is 32.7 Å². The van der Waals surface area contributed by atoms with E-state index in [2.05, 4.69) is 36.2 Å². The molecule has 37 heavy (non-hydrogen) atoms. The molecule has 0 saturated heterocycles. The van der Waals surface area contributed by atoms with Crippen molar-refractivity contribution in [1.29, 1.82) is 0 Å². The number of amides is 3. The van der Waals surface area contributed by atoms with E-state index in [4.69, 9.17) is 23.1 Å². The highest BCUT2D eigenvalue weighted by atomic mass is 35.5. The summed E-state index contributed by atoms with van der Waals surface area (Å²) in [5.74, 6) is -1.15. The lowest BCUT2D eigenvalue weighted by molar-refractivity contribution is -0.131. The molecule has 1 aliphatic heterocycles. The molecule has 1 aromatic heterocycles. The Labute approximate surface area is 220 Å². The van der Waals surface area contributed by atoms with Gasteiger partial charge in [-0.25, -0.2) is 0 Å². The summed E-state index contributed by atoms with van der Waals surface area (Å²) in [5, 5.41) is 11.6. The highest BCUT2D eigenvalue weighted by Gasteiger charge is 2.29. The number of unbranched alkanes of at least 4 members (excludes halogenated alkanes) is 1. The van der Waals surface area contributed by atoms with Crippen LogP contribution in [0.1, 0.15) is 44.1 Å². The Kier molecular flexibility index (Phi) is 10.8. The van der Waals surface area contributed by atoms with Crippen molar-refractivity contribution in [3.63, 3.8) is 0 Å². The number of primary amides is 1. The van der Waals surface area contributed by atoms with E-state index in [9.17, 15) is 14.4 Å².